The van der Waals surface area contributed by atoms with Crippen LogP contribution in [-0.2, 0) is 14.3 Å². The maximum atomic E-state index is 12.1. The monoisotopic (exact) mass is 319 g/mol. The lowest BCUT2D eigenvalue weighted by molar-refractivity contribution is -0.274. The van der Waals surface area contributed by atoms with Crippen molar-refractivity contribution >= 4 is 17.7 Å². The first-order chi connectivity index (χ1) is 10.1. The fourth-order valence-corrected chi connectivity index (χ4v) is 1.57. The third kappa shape index (κ3) is 5.08. The van der Waals surface area contributed by atoms with Crippen LogP contribution in [0, 0.1) is 0 Å². The Bertz CT molecular complexity index is 585. The van der Waals surface area contributed by atoms with E-state index in [1.165, 1.54) is 6.07 Å². The van der Waals surface area contributed by atoms with Crippen LogP contribution in [0.5, 0.6) is 5.75 Å². The molecule has 6 nitrogen and oxygen atoms in total. The van der Waals surface area contributed by atoms with Crippen LogP contribution in [0.25, 0.3) is 0 Å². The van der Waals surface area contributed by atoms with E-state index in [0.29, 0.717) is 0 Å². The van der Waals surface area contributed by atoms with Gasteiger partial charge in [-0.05, 0) is 12.1 Å². The molecule has 120 valence electrons. The van der Waals surface area contributed by atoms with Crippen molar-refractivity contribution in [1.82, 2.24) is 5.32 Å². The molecular weight excluding hydrogens is 307 g/mol. The first-order valence-corrected chi connectivity index (χ1v) is 5.89. The Hall–Kier alpha value is -2.58. The van der Waals surface area contributed by atoms with Gasteiger partial charge in [-0.1, -0.05) is 12.1 Å². The van der Waals surface area contributed by atoms with Gasteiger partial charge in [-0.3, -0.25) is 9.59 Å². The summed E-state index contributed by atoms with van der Waals surface area (Å²) < 4.78 is 44.5. The number of nitrogens with one attached hydrogen (secondary N) is 1. The number of carbonyl (C=O) groups excluding carboxylic acids is 3. The van der Waals surface area contributed by atoms with Crippen LogP contribution in [0.1, 0.15) is 17.3 Å². The first kappa shape index (κ1) is 17.5. The zero-order valence-electron chi connectivity index (χ0n) is 11.6. The summed E-state index contributed by atoms with van der Waals surface area (Å²) in [5.74, 6) is -3.26. The molecule has 0 spiro atoms. The third-order valence-corrected chi connectivity index (χ3v) is 2.40. The van der Waals surface area contributed by atoms with Gasteiger partial charge in [-0.15, -0.1) is 13.2 Å². The second kappa shape index (κ2) is 6.92. The van der Waals surface area contributed by atoms with Crippen molar-refractivity contribution in [3.63, 3.8) is 0 Å². The predicted octanol–water partition coefficient (Wildman–Crippen LogP) is 1.45. The molecule has 1 aromatic carbocycles. The Morgan fingerprint density at radius 1 is 1.23 bits per heavy atom. The Labute approximate surface area is 123 Å². The highest BCUT2D eigenvalue weighted by Crippen LogP contribution is 2.23. The standard InChI is InChI=1S/C13H12F3NO5/c1-7(18)17-10(12(20)21-2)11(19)8-4-3-5-9(6-8)22-13(14,15)16/h3-6,10H,1-2H3,(H,17,18). The summed E-state index contributed by atoms with van der Waals surface area (Å²) in [6.45, 7) is 1.08. The number of Topliss-reactive ketones (excluding diaryl/α,β-unsaturated/α-hetero) is 1. The zero-order chi connectivity index (χ0) is 16.9. The molecule has 0 bridgehead atoms. The number of halogens is 3. The van der Waals surface area contributed by atoms with Crippen LogP contribution >= 0.6 is 0 Å². The summed E-state index contributed by atoms with van der Waals surface area (Å²) in [5.41, 5.74) is -0.245. The Morgan fingerprint density at radius 2 is 1.86 bits per heavy atom. The van der Waals surface area contributed by atoms with Gasteiger partial charge in [0.25, 0.3) is 0 Å². The molecule has 22 heavy (non-hydrogen) atoms. The number of methoxy groups -OCH3 is 1. The second-order valence-corrected chi connectivity index (χ2v) is 4.10. The number of hydrogen-bond acceptors (Lipinski definition) is 5. The quantitative estimate of drug-likeness (QED) is 0.504. The highest BCUT2D eigenvalue weighted by atomic mass is 19.4. The number of ketones is 1. The molecule has 1 unspecified atom stereocenters. The number of benzene rings is 1. The molecule has 1 aromatic rings. The normalized spacial score (nSPS) is 12.2. The topological polar surface area (TPSA) is 81.7 Å². The first-order valence-electron chi connectivity index (χ1n) is 5.89. The average molecular weight is 319 g/mol. The lowest BCUT2D eigenvalue weighted by Crippen LogP contribution is -2.46. The van der Waals surface area contributed by atoms with E-state index in [0.717, 1.165) is 32.2 Å². The van der Waals surface area contributed by atoms with Gasteiger partial charge in [0.2, 0.25) is 5.91 Å². The van der Waals surface area contributed by atoms with Crippen LogP contribution in [0.3, 0.4) is 0 Å². The van der Waals surface area contributed by atoms with Crippen molar-refractivity contribution in [2.24, 2.45) is 0 Å². The molecular formula is C13H12F3NO5. The molecule has 1 rings (SSSR count). The van der Waals surface area contributed by atoms with Gasteiger partial charge in [0, 0.05) is 12.5 Å². The van der Waals surface area contributed by atoms with Crippen molar-refractivity contribution in [2.45, 2.75) is 19.3 Å². The fraction of sp³-hybridized carbons (Fsp3) is 0.308. The average Bonchev–Trinajstić information content (AvgIpc) is 2.41. The Balaban J connectivity index is 3.06. The van der Waals surface area contributed by atoms with E-state index >= 15 is 0 Å². The number of carbonyl (C=O) groups is 3. The van der Waals surface area contributed by atoms with Crippen molar-refractivity contribution < 1.29 is 37.0 Å². The number of rotatable bonds is 5. The predicted molar refractivity (Wildman–Crippen MR) is 67.1 cm³/mol. The molecule has 1 atom stereocenters. The molecule has 9 heteroatoms. The molecule has 0 aliphatic carbocycles. The van der Waals surface area contributed by atoms with E-state index in [2.05, 4.69) is 14.8 Å². The van der Waals surface area contributed by atoms with Crippen molar-refractivity contribution in [3.05, 3.63) is 29.8 Å². The van der Waals surface area contributed by atoms with E-state index in [1.54, 1.807) is 0 Å². The maximum absolute atomic E-state index is 12.1. The van der Waals surface area contributed by atoms with Gasteiger partial charge in [-0.25, -0.2) is 4.79 Å². The number of esters is 1. The zero-order valence-corrected chi connectivity index (χ0v) is 11.6. The van der Waals surface area contributed by atoms with Gasteiger partial charge >= 0.3 is 12.3 Å². The number of hydrogen-bond donors (Lipinski definition) is 1. The molecule has 0 aliphatic heterocycles. The van der Waals surface area contributed by atoms with Crippen LogP contribution in [-0.4, -0.2) is 37.2 Å². The summed E-state index contributed by atoms with van der Waals surface area (Å²) in [6, 6.07) is 2.49. The van der Waals surface area contributed by atoms with E-state index in [9.17, 15) is 27.6 Å². The van der Waals surface area contributed by atoms with Crippen molar-refractivity contribution in [2.75, 3.05) is 7.11 Å². The van der Waals surface area contributed by atoms with Gasteiger partial charge in [0.1, 0.15) is 5.75 Å². The summed E-state index contributed by atoms with van der Waals surface area (Å²) in [5, 5.41) is 2.07. The van der Waals surface area contributed by atoms with Gasteiger partial charge in [0.05, 0.1) is 7.11 Å². The molecule has 0 saturated heterocycles. The highest BCUT2D eigenvalue weighted by Gasteiger charge is 2.33. The van der Waals surface area contributed by atoms with Gasteiger partial charge in [0.15, 0.2) is 11.8 Å². The van der Waals surface area contributed by atoms with Crippen LogP contribution in [0.4, 0.5) is 13.2 Å². The molecule has 0 saturated carbocycles. The molecule has 1 amide bonds. The van der Waals surface area contributed by atoms with E-state index in [4.69, 9.17) is 0 Å². The van der Waals surface area contributed by atoms with Crippen molar-refractivity contribution in [3.8, 4) is 5.75 Å². The Morgan fingerprint density at radius 3 is 2.36 bits per heavy atom. The molecule has 0 radical (unpaired) electrons. The lowest BCUT2D eigenvalue weighted by atomic mass is 10.0. The number of amides is 1. The lowest BCUT2D eigenvalue weighted by Gasteiger charge is -2.15. The molecule has 1 N–H and O–H groups in total. The summed E-state index contributed by atoms with van der Waals surface area (Å²) in [4.78, 5) is 34.7. The van der Waals surface area contributed by atoms with Crippen LogP contribution < -0.4 is 10.1 Å². The Kier molecular flexibility index (Phi) is 5.50. The highest BCUT2D eigenvalue weighted by molar-refractivity contribution is 6.13. The third-order valence-electron chi connectivity index (χ3n) is 2.40. The van der Waals surface area contributed by atoms with Gasteiger partial charge < -0.3 is 14.8 Å². The maximum Gasteiger partial charge on any atom is 0.573 e. The molecule has 0 heterocycles. The summed E-state index contributed by atoms with van der Waals surface area (Å²) in [6.07, 6.45) is -4.92. The van der Waals surface area contributed by atoms with Crippen molar-refractivity contribution in [1.29, 1.82) is 0 Å². The molecule has 0 aliphatic rings. The summed E-state index contributed by atoms with van der Waals surface area (Å²) >= 11 is 0. The number of ether oxygens (including phenoxy) is 2. The minimum Gasteiger partial charge on any atom is -0.467 e. The van der Waals surface area contributed by atoms with Gasteiger partial charge in [-0.2, -0.15) is 0 Å². The smallest absolute Gasteiger partial charge is 0.467 e. The summed E-state index contributed by atoms with van der Waals surface area (Å²) in [7, 11) is 1.01. The van der Waals surface area contributed by atoms with E-state index in [-0.39, 0.29) is 5.56 Å². The molecule has 0 fully saturated rings. The van der Waals surface area contributed by atoms with E-state index < -0.39 is 35.8 Å². The van der Waals surface area contributed by atoms with Crippen LogP contribution in [0.2, 0.25) is 0 Å². The minimum atomic E-state index is -4.92. The number of alkyl halides is 3. The van der Waals surface area contributed by atoms with Crippen LogP contribution in [0.15, 0.2) is 24.3 Å². The molecule has 0 aromatic heterocycles. The fourth-order valence-electron chi connectivity index (χ4n) is 1.57. The minimum absolute atomic E-state index is 0.245. The second-order valence-electron chi connectivity index (χ2n) is 4.10. The largest absolute Gasteiger partial charge is 0.573 e. The SMILES string of the molecule is COC(=O)C(NC(C)=O)C(=O)c1cccc(OC(F)(F)F)c1. The van der Waals surface area contributed by atoms with E-state index in [1.807, 2.05) is 0 Å².